The minimum atomic E-state index is -0.188. The maximum atomic E-state index is 12.8. The third-order valence-corrected chi connectivity index (χ3v) is 4.22. The Labute approximate surface area is 142 Å². The van der Waals surface area contributed by atoms with Gasteiger partial charge in [0.05, 0.1) is 17.8 Å². The highest BCUT2D eigenvalue weighted by molar-refractivity contribution is 5.92. The van der Waals surface area contributed by atoms with Crippen molar-refractivity contribution < 1.29 is 9.53 Å². The zero-order valence-electron chi connectivity index (χ0n) is 14.5. The summed E-state index contributed by atoms with van der Waals surface area (Å²) in [5.74, 6) is 0.764. The standard InChI is InChI=1S/C18H24N4O2/c1-18(2,3)22-12-16(19-20-22)17(23)21-11-7-8-14(21)13-24-15-9-5-4-6-10-15/h4-6,9-10,12,14H,7-8,11,13H2,1-3H3/t14-/m0/s1. The topological polar surface area (TPSA) is 60.2 Å². The lowest BCUT2D eigenvalue weighted by Crippen LogP contribution is -2.39. The van der Waals surface area contributed by atoms with Crippen LogP contribution >= 0.6 is 0 Å². The number of hydrogen-bond acceptors (Lipinski definition) is 4. The summed E-state index contributed by atoms with van der Waals surface area (Å²) in [7, 11) is 0. The molecular formula is C18H24N4O2. The Morgan fingerprint density at radius 2 is 2.04 bits per heavy atom. The van der Waals surface area contributed by atoms with E-state index in [0.29, 0.717) is 12.3 Å². The fraction of sp³-hybridized carbons (Fsp3) is 0.500. The number of carbonyl (C=O) groups is 1. The minimum absolute atomic E-state index is 0.0651. The van der Waals surface area contributed by atoms with Crippen molar-refractivity contribution >= 4 is 5.91 Å². The van der Waals surface area contributed by atoms with Crippen LogP contribution in [0.5, 0.6) is 5.75 Å². The number of benzene rings is 1. The molecule has 1 amide bonds. The Kier molecular flexibility index (Phi) is 4.55. The first-order chi connectivity index (χ1) is 11.4. The van der Waals surface area contributed by atoms with Gasteiger partial charge in [0.1, 0.15) is 12.4 Å². The molecule has 1 saturated heterocycles. The van der Waals surface area contributed by atoms with Crippen LogP contribution in [0.4, 0.5) is 0 Å². The van der Waals surface area contributed by atoms with Crippen molar-refractivity contribution in [3.8, 4) is 5.75 Å². The molecule has 0 spiro atoms. The zero-order chi connectivity index (χ0) is 17.2. The predicted molar refractivity (Wildman–Crippen MR) is 91.0 cm³/mol. The van der Waals surface area contributed by atoms with Gasteiger partial charge in [-0.05, 0) is 45.7 Å². The molecule has 1 aliphatic rings. The number of likely N-dealkylation sites (tertiary alicyclic amines) is 1. The molecule has 1 aromatic heterocycles. The van der Waals surface area contributed by atoms with Gasteiger partial charge in [0, 0.05) is 6.54 Å². The van der Waals surface area contributed by atoms with Gasteiger partial charge in [0.2, 0.25) is 0 Å². The average Bonchev–Trinajstić information content (AvgIpc) is 3.22. The first-order valence-corrected chi connectivity index (χ1v) is 8.37. The van der Waals surface area contributed by atoms with E-state index < -0.39 is 0 Å². The third kappa shape index (κ3) is 3.58. The van der Waals surface area contributed by atoms with Crippen LogP contribution in [0.1, 0.15) is 44.1 Å². The van der Waals surface area contributed by atoms with Crippen LogP contribution in [0.15, 0.2) is 36.5 Å². The van der Waals surface area contributed by atoms with Gasteiger partial charge in [-0.25, -0.2) is 4.68 Å². The summed E-state index contributed by atoms with van der Waals surface area (Å²) >= 11 is 0. The SMILES string of the molecule is CC(C)(C)n1cc(C(=O)N2CCC[C@H]2COc2ccccc2)nn1. The molecular weight excluding hydrogens is 304 g/mol. The predicted octanol–water partition coefficient (Wildman–Crippen LogP) is 2.72. The van der Waals surface area contributed by atoms with Crippen LogP contribution in [0, 0.1) is 0 Å². The molecule has 1 atom stereocenters. The monoisotopic (exact) mass is 328 g/mol. The van der Waals surface area contributed by atoms with E-state index in [1.807, 2.05) is 56.0 Å². The quantitative estimate of drug-likeness (QED) is 0.866. The number of amides is 1. The largest absolute Gasteiger partial charge is 0.491 e. The summed E-state index contributed by atoms with van der Waals surface area (Å²) in [6.07, 6.45) is 3.67. The van der Waals surface area contributed by atoms with E-state index in [1.165, 1.54) is 0 Å². The summed E-state index contributed by atoms with van der Waals surface area (Å²) in [6.45, 7) is 7.33. The molecule has 0 unspecified atom stereocenters. The summed E-state index contributed by atoms with van der Waals surface area (Å²) in [5, 5.41) is 8.15. The number of ether oxygens (including phenoxy) is 1. The smallest absolute Gasteiger partial charge is 0.276 e. The molecule has 1 fully saturated rings. The van der Waals surface area contributed by atoms with Gasteiger partial charge in [-0.3, -0.25) is 4.79 Å². The van der Waals surface area contributed by atoms with Crippen LogP contribution in [0.25, 0.3) is 0 Å². The van der Waals surface area contributed by atoms with Crippen LogP contribution < -0.4 is 4.74 Å². The zero-order valence-corrected chi connectivity index (χ0v) is 14.5. The van der Waals surface area contributed by atoms with Crippen molar-refractivity contribution in [2.24, 2.45) is 0 Å². The third-order valence-electron chi connectivity index (χ3n) is 4.22. The van der Waals surface area contributed by atoms with E-state index in [2.05, 4.69) is 10.3 Å². The minimum Gasteiger partial charge on any atom is -0.491 e. The first-order valence-electron chi connectivity index (χ1n) is 8.37. The molecule has 24 heavy (non-hydrogen) atoms. The molecule has 0 radical (unpaired) electrons. The molecule has 2 heterocycles. The molecule has 3 rings (SSSR count). The lowest BCUT2D eigenvalue weighted by Gasteiger charge is -2.24. The number of hydrogen-bond donors (Lipinski definition) is 0. The fourth-order valence-corrected chi connectivity index (χ4v) is 2.82. The van der Waals surface area contributed by atoms with Crippen LogP contribution in [-0.4, -0.2) is 45.0 Å². The Bertz CT molecular complexity index is 691. The Balaban J connectivity index is 1.66. The summed E-state index contributed by atoms with van der Waals surface area (Å²) in [5.41, 5.74) is 0.211. The van der Waals surface area contributed by atoms with E-state index in [1.54, 1.807) is 10.9 Å². The van der Waals surface area contributed by atoms with E-state index in [0.717, 1.165) is 25.1 Å². The number of rotatable bonds is 4. The number of carbonyl (C=O) groups excluding carboxylic acids is 1. The second-order valence-corrected chi connectivity index (χ2v) is 7.14. The lowest BCUT2D eigenvalue weighted by atomic mass is 10.1. The van der Waals surface area contributed by atoms with Crippen molar-refractivity contribution in [3.63, 3.8) is 0 Å². The average molecular weight is 328 g/mol. The molecule has 6 nitrogen and oxygen atoms in total. The summed E-state index contributed by atoms with van der Waals surface area (Å²) in [4.78, 5) is 14.6. The highest BCUT2D eigenvalue weighted by Gasteiger charge is 2.32. The van der Waals surface area contributed by atoms with Gasteiger partial charge in [-0.1, -0.05) is 23.4 Å². The molecule has 0 bridgehead atoms. The van der Waals surface area contributed by atoms with Crippen molar-refractivity contribution in [1.82, 2.24) is 19.9 Å². The van der Waals surface area contributed by atoms with Gasteiger partial charge in [-0.2, -0.15) is 0 Å². The molecule has 0 aliphatic carbocycles. The Hall–Kier alpha value is -2.37. The number of aromatic nitrogens is 3. The molecule has 2 aromatic rings. The number of nitrogens with zero attached hydrogens (tertiary/aromatic N) is 4. The van der Waals surface area contributed by atoms with E-state index >= 15 is 0 Å². The molecule has 0 saturated carbocycles. The second-order valence-electron chi connectivity index (χ2n) is 7.14. The van der Waals surface area contributed by atoms with E-state index in [9.17, 15) is 4.79 Å². The highest BCUT2D eigenvalue weighted by Crippen LogP contribution is 2.21. The van der Waals surface area contributed by atoms with Crippen molar-refractivity contribution in [1.29, 1.82) is 0 Å². The van der Waals surface area contributed by atoms with Crippen LogP contribution in [-0.2, 0) is 5.54 Å². The first kappa shape index (κ1) is 16.5. The van der Waals surface area contributed by atoms with Crippen molar-refractivity contribution in [3.05, 3.63) is 42.2 Å². The van der Waals surface area contributed by atoms with E-state index in [4.69, 9.17) is 4.74 Å². The fourth-order valence-electron chi connectivity index (χ4n) is 2.82. The maximum Gasteiger partial charge on any atom is 0.276 e. The van der Waals surface area contributed by atoms with Crippen molar-refractivity contribution in [2.45, 2.75) is 45.2 Å². The van der Waals surface area contributed by atoms with Gasteiger partial charge in [0.15, 0.2) is 5.69 Å². The Morgan fingerprint density at radius 3 is 2.71 bits per heavy atom. The molecule has 128 valence electrons. The Morgan fingerprint density at radius 1 is 1.29 bits per heavy atom. The number of para-hydroxylation sites is 1. The summed E-state index contributed by atoms with van der Waals surface area (Å²) < 4.78 is 7.56. The molecule has 1 aromatic carbocycles. The van der Waals surface area contributed by atoms with Gasteiger partial charge < -0.3 is 9.64 Å². The van der Waals surface area contributed by atoms with Crippen LogP contribution in [0.3, 0.4) is 0 Å². The molecule has 6 heteroatoms. The maximum absolute atomic E-state index is 12.8. The van der Waals surface area contributed by atoms with Crippen molar-refractivity contribution in [2.75, 3.05) is 13.2 Å². The molecule has 0 N–H and O–H groups in total. The second kappa shape index (κ2) is 6.63. The van der Waals surface area contributed by atoms with Gasteiger partial charge in [0.25, 0.3) is 5.91 Å². The van der Waals surface area contributed by atoms with Gasteiger partial charge >= 0.3 is 0 Å². The normalized spacial score (nSPS) is 18.0. The van der Waals surface area contributed by atoms with E-state index in [-0.39, 0.29) is 17.5 Å². The summed E-state index contributed by atoms with van der Waals surface area (Å²) in [6, 6.07) is 9.77. The lowest BCUT2D eigenvalue weighted by molar-refractivity contribution is 0.0685. The van der Waals surface area contributed by atoms with Gasteiger partial charge in [-0.15, -0.1) is 5.10 Å². The highest BCUT2D eigenvalue weighted by atomic mass is 16.5. The van der Waals surface area contributed by atoms with Crippen LogP contribution in [0.2, 0.25) is 0 Å². The molecule has 1 aliphatic heterocycles.